The molecule has 0 spiro atoms. The van der Waals surface area contributed by atoms with Crippen LogP contribution in [0.15, 0.2) is 29.2 Å². The molecule has 0 amide bonds. The van der Waals surface area contributed by atoms with Crippen LogP contribution in [0.5, 0.6) is 0 Å². The van der Waals surface area contributed by atoms with Crippen molar-refractivity contribution in [3.05, 3.63) is 29.8 Å². The van der Waals surface area contributed by atoms with Crippen LogP contribution >= 0.6 is 12.6 Å². The van der Waals surface area contributed by atoms with Crippen molar-refractivity contribution in [3.8, 4) is 0 Å². The molecule has 0 aliphatic heterocycles. The summed E-state index contributed by atoms with van der Waals surface area (Å²) >= 11 is 3.96. The molecule has 0 saturated carbocycles. The number of benzene rings is 1. The fraction of sp³-hybridized carbons (Fsp3) is 0.222. The first kappa shape index (κ1) is 15.5. The van der Waals surface area contributed by atoms with Crippen LogP contribution in [0.4, 0.5) is 0 Å². The predicted molar refractivity (Wildman–Crippen MR) is 59.2 cm³/mol. The Labute approximate surface area is 106 Å². The Balaban J connectivity index is 0. The van der Waals surface area contributed by atoms with E-state index in [1.54, 1.807) is 18.2 Å². The molecule has 1 aromatic carbocycles. The van der Waals surface area contributed by atoms with Crippen molar-refractivity contribution >= 4 is 48.2 Å². The van der Waals surface area contributed by atoms with Gasteiger partial charge >= 0.3 is 35.5 Å². The van der Waals surface area contributed by atoms with Crippen LogP contribution in [0.2, 0.25) is 0 Å². The average Bonchev–Trinajstić information content (AvgIpc) is 2.08. The molecule has 0 aliphatic rings. The van der Waals surface area contributed by atoms with Crippen molar-refractivity contribution in [1.29, 1.82) is 0 Å². The van der Waals surface area contributed by atoms with Gasteiger partial charge in [-0.25, -0.2) is 4.79 Å². The summed E-state index contributed by atoms with van der Waals surface area (Å²) in [5.41, 5.74) is 0.242. The molecule has 0 aliphatic carbocycles. The molecular formula is C9H13NaO2S. The van der Waals surface area contributed by atoms with Gasteiger partial charge in [-0.3, -0.25) is 0 Å². The number of carbonyl (C=O) groups is 1. The number of hydrogen-bond donors (Lipinski definition) is 2. The van der Waals surface area contributed by atoms with Crippen molar-refractivity contribution < 1.29 is 9.90 Å². The minimum atomic E-state index is -0.939. The second-order valence-corrected chi connectivity index (χ2v) is 2.30. The molecule has 0 heterocycles. The normalized spacial score (nSPS) is 7.62. The summed E-state index contributed by atoms with van der Waals surface area (Å²) in [5, 5.41) is 8.52. The third kappa shape index (κ3) is 5.37. The van der Waals surface area contributed by atoms with Crippen molar-refractivity contribution in [2.24, 2.45) is 0 Å². The Morgan fingerprint density at radius 1 is 1.31 bits per heavy atom. The van der Waals surface area contributed by atoms with Gasteiger partial charge in [-0.05, 0) is 12.1 Å². The monoisotopic (exact) mass is 208 g/mol. The fourth-order valence-corrected chi connectivity index (χ4v) is 0.911. The van der Waals surface area contributed by atoms with Gasteiger partial charge in [0.1, 0.15) is 0 Å². The number of aromatic carboxylic acids is 1. The predicted octanol–water partition coefficient (Wildman–Crippen LogP) is 2.05. The minimum absolute atomic E-state index is 0. The summed E-state index contributed by atoms with van der Waals surface area (Å²) in [6.45, 7) is 4.00. The SMILES string of the molecule is CC.O=C(O)c1ccccc1S.[NaH]. The zero-order chi connectivity index (χ0) is 9.56. The molecule has 4 heteroatoms. The Hall–Kier alpha value is 0.0400. The average molecular weight is 208 g/mol. The van der Waals surface area contributed by atoms with Gasteiger partial charge in [-0.15, -0.1) is 12.6 Å². The fourth-order valence-electron chi connectivity index (χ4n) is 0.654. The number of carboxylic acids is 1. The zero-order valence-corrected chi connectivity index (χ0v) is 8.01. The van der Waals surface area contributed by atoms with Gasteiger partial charge in [0, 0.05) is 4.90 Å². The van der Waals surface area contributed by atoms with E-state index in [4.69, 9.17) is 5.11 Å². The Bertz CT molecular complexity index is 264. The first-order valence-corrected chi connectivity index (χ1v) is 4.18. The Kier molecular flexibility index (Phi) is 10.3. The summed E-state index contributed by atoms with van der Waals surface area (Å²) < 4.78 is 0. The molecule has 0 bridgehead atoms. The van der Waals surface area contributed by atoms with E-state index in [1.807, 2.05) is 13.8 Å². The van der Waals surface area contributed by atoms with Gasteiger partial charge in [-0.1, -0.05) is 26.0 Å². The van der Waals surface area contributed by atoms with Gasteiger partial charge in [0.25, 0.3) is 0 Å². The van der Waals surface area contributed by atoms with E-state index in [1.165, 1.54) is 6.07 Å². The first-order chi connectivity index (χ1) is 5.72. The maximum absolute atomic E-state index is 10.4. The third-order valence-corrected chi connectivity index (χ3v) is 1.52. The van der Waals surface area contributed by atoms with Crippen LogP contribution in [0.3, 0.4) is 0 Å². The summed E-state index contributed by atoms with van der Waals surface area (Å²) in [5.74, 6) is -0.939. The Morgan fingerprint density at radius 2 is 1.77 bits per heavy atom. The van der Waals surface area contributed by atoms with Crippen LogP contribution in [-0.2, 0) is 0 Å². The summed E-state index contributed by atoms with van der Waals surface area (Å²) in [6, 6.07) is 6.58. The van der Waals surface area contributed by atoms with Crippen molar-refractivity contribution in [1.82, 2.24) is 0 Å². The van der Waals surface area contributed by atoms with Gasteiger partial charge in [0.15, 0.2) is 0 Å². The topological polar surface area (TPSA) is 37.3 Å². The molecule has 1 rings (SSSR count). The van der Waals surface area contributed by atoms with E-state index in [0.717, 1.165) is 0 Å². The molecule has 1 aromatic rings. The maximum atomic E-state index is 10.4. The second kappa shape index (κ2) is 8.63. The molecule has 0 fully saturated rings. The summed E-state index contributed by atoms with van der Waals surface area (Å²) in [6.07, 6.45) is 0. The number of thiol groups is 1. The number of carboxylic acid groups (broad SMARTS) is 1. The van der Waals surface area contributed by atoms with E-state index >= 15 is 0 Å². The van der Waals surface area contributed by atoms with E-state index in [-0.39, 0.29) is 35.1 Å². The summed E-state index contributed by atoms with van der Waals surface area (Å²) in [7, 11) is 0. The quantitative estimate of drug-likeness (QED) is 0.547. The van der Waals surface area contributed by atoms with E-state index in [0.29, 0.717) is 4.90 Å². The number of rotatable bonds is 1. The van der Waals surface area contributed by atoms with Gasteiger partial charge in [-0.2, -0.15) is 0 Å². The zero-order valence-electron chi connectivity index (χ0n) is 7.11. The van der Waals surface area contributed by atoms with Crippen molar-refractivity contribution in [2.45, 2.75) is 18.7 Å². The third-order valence-electron chi connectivity index (χ3n) is 1.13. The molecule has 0 unspecified atom stereocenters. The van der Waals surface area contributed by atoms with Crippen LogP contribution < -0.4 is 0 Å². The molecule has 13 heavy (non-hydrogen) atoms. The van der Waals surface area contributed by atoms with Gasteiger partial charge in [0.05, 0.1) is 5.56 Å². The Morgan fingerprint density at radius 3 is 2.08 bits per heavy atom. The van der Waals surface area contributed by atoms with Crippen molar-refractivity contribution in [3.63, 3.8) is 0 Å². The van der Waals surface area contributed by atoms with E-state index in [9.17, 15) is 4.79 Å². The molecule has 0 saturated heterocycles. The molecular weight excluding hydrogens is 195 g/mol. The van der Waals surface area contributed by atoms with E-state index in [2.05, 4.69) is 12.6 Å². The molecule has 0 atom stereocenters. The molecule has 0 aromatic heterocycles. The van der Waals surface area contributed by atoms with Crippen LogP contribution in [0.1, 0.15) is 24.2 Å². The molecule has 0 radical (unpaired) electrons. The summed E-state index contributed by atoms with van der Waals surface area (Å²) in [4.78, 5) is 10.9. The standard InChI is InChI=1S/C7H6O2S.C2H6.Na.H/c8-7(9)5-3-1-2-4-6(5)10;1-2;;/h1-4,10H,(H,8,9);1-2H3;;. The van der Waals surface area contributed by atoms with Gasteiger partial charge < -0.3 is 5.11 Å². The van der Waals surface area contributed by atoms with Crippen LogP contribution in [-0.4, -0.2) is 40.6 Å². The second-order valence-electron chi connectivity index (χ2n) is 1.82. The first-order valence-electron chi connectivity index (χ1n) is 3.73. The van der Waals surface area contributed by atoms with Crippen LogP contribution in [0.25, 0.3) is 0 Å². The molecule has 68 valence electrons. The van der Waals surface area contributed by atoms with Crippen LogP contribution in [0, 0.1) is 0 Å². The molecule has 2 nitrogen and oxygen atoms in total. The van der Waals surface area contributed by atoms with E-state index < -0.39 is 5.97 Å². The molecule has 1 N–H and O–H groups in total. The number of hydrogen-bond acceptors (Lipinski definition) is 2. The van der Waals surface area contributed by atoms with Gasteiger partial charge in [0.2, 0.25) is 0 Å². The van der Waals surface area contributed by atoms with Crippen molar-refractivity contribution in [2.75, 3.05) is 0 Å².